The molecule has 0 saturated heterocycles. The molecular weight excluding hydrogens is 549 g/mol. The number of ketones is 1. The third-order valence-electron chi connectivity index (χ3n) is 6.72. The fourth-order valence-electron chi connectivity index (χ4n) is 4.74. The number of aromatic hydroxyl groups is 1. The molecule has 0 aliphatic carbocycles. The van der Waals surface area contributed by atoms with Crippen molar-refractivity contribution in [3.63, 3.8) is 0 Å². The minimum Gasteiger partial charge on any atom is -0.508 e. The van der Waals surface area contributed by atoms with Crippen LogP contribution in [0.15, 0.2) is 90.0 Å². The molecule has 5 nitrogen and oxygen atoms in total. The number of benzene rings is 4. The largest absolute Gasteiger partial charge is 0.508 e. The number of hydrogen-bond acceptors (Lipinski definition) is 5. The third kappa shape index (κ3) is 6.36. The van der Waals surface area contributed by atoms with E-state index in [9.17, 15) is 27.9 Å². The summed E-state index contributed by atoms with van der Waals surface area (Å²) in [6.07, 6.45) is 0.762. The molecule has 1 heterocycles. The highest BCUT2D eigenvalue weighted by Crippen LogP contribution is 2.44. The molecule has 5 rings (SSSR count). The molecule has 0 fully saturated rings. The Morgan fingerprint density at radius 2 is 1.68 bits per heavy atom. The Kier molecular flexibility index (Phi) is 8.26. The van der Waals surface area contributed by atoms with Crippen molar-refractivity contribution in [3.05, 3.63) is 136 Å². The van der Waals surface area contributed by atoms with Crippen molar-refractivity contribution >= 4 is 28.5 Å². The number of aryl methyl sites for hydroxylation is 2. The van der Waals surface area contributed by atoms with Gasteiger partial charge in [-0.25, -0.2) is 18.2 Å². The van der Waals surface area contributed by atoms with Crippen LogP contribution in [0.1, 0.15) is 50.0 Å². The number of hydrogen-bond donors (Lipinski definition) is 1. The van der Waals surface area contributed by atoms with Gasteiger partial charge < -0.3 is 5.11 Å². The zero-order chi connectivity index (χ0) is 29.1. The number of amides is 1. The lowest BCUT2D eigenvalue weighted by Crippen LogP contribution is -2.28. The molecule has 41 heavy (non-hydrogen) atoms. The molecular formula is C32H25F3N2O3S. The van der Waals surface area contributed by atoms with Gasteiger partial charge in [-0.15, -0.1) is 0 Å². The number of carbonyl (C=O) groups excluding carboxylic acids is 2. The molecule has 0 aromatic heterocycles. The van der Waals surface area contributed by atoms with Crippen LogP contribution in [-0.4, -0.2) is 26.8 Å². The van der Waals surface area contributed by atoms with Crippen molar-refractivity contribution in [1.82, 2.24) is 5.01 Å². The summed E-state index contributed by atoms with van der Waals surface area (Å²) in [6, 6.07) is 21.3. The van der Waals surface area contributed by atoms with Crippen molar-refractivity contribution in [2.24, 2.45) is 5.10 Å². The van der Waals surface area contributed by atoms with E-state index >= 15 is 0 Å². The van der Waals surface area contributed by atoms with E-state index in [2.05, 4.69) is 5.10 Å². The van der Waals surface area contributed by atoms with Crippen LogP contribution in [0, 0.1) is 24.4 Å². The lowest BCUT2D eigenvalue weighted by molar-refractivity contribution is -0.118. The van der Waals surface area contributed by atoms with Crippen molar-refractivity contribution in [1.29, 1.82) is 0 Å². The number of nitrogens with zero attached hydrogens (tertiary/aromatic N) is 2. The molecule has 1 unspecified atom stereocenters. The van der Waals surface area contributed by atoms with Gasteiger partial charge in [-0.2, -0.15) is 5.10 Å². The average molecular weight is 575 g/mol. The summed E-state index contributed by atoms with van der Waals surface area (Å²) in [5.74, 6) is -2.89. The number of rotatable bonds is 8. The summed E-state index contributed by atoms with van der Waals surface area (Å²) in [4.78, 5) is 26.5. The first kappa shape index (κ1) is 28.2. The van der Waals surface area contributed by atoms with Gasteiger partial charge in [0.05, 0.1) is 5.56 Å². The van der Waals surface area contributed by atoms with Gasteiger partial charge in [0, 0.05) is 24.5 Å². The Labute approximate surface area is 239 Å². The Hall–Kier alpha value is -4.37. The lowest BCUT2D eigenvalue weighted by Gasteiger charge is -2.24. The number of phenolic OH excluding ortho intramolecular Hbond substituents is 1. The number of carbonyl (C=O) groups is 2. The second-order valence-electron chi connectivity index (χ2n) is 9.70. The monoisotopic (exact) mass is 574 g/mol. The molecule has 0 radical (unpaired) electrons. The normalized spacial score (nSPS) is 14.7. The van der Waals surface area contributed by atoms with E-state index in [1.54, 1.807) is 36.4 Å². The van der Waals surface area contributed by atoms with Crippen LogP contribution in [-0.2, 0) is 17.6 Å². The van der Waals surface area contributed by atoms with Gasteiger partial charge in [0.2, 0.25) is 0 Å². The van der Waals surface area contributed by atoms with E-state index in [-0.39, 0.29) is 35.5 Å². The molecule has 0 saturated carbocycles. The number of phenols is 1. The standard InChI is InChI=1S/C32H25F3N2O3S/c1-19-15-24(34)18-28(35)29(19)31(40)37-32(41-30(36-37)22-9-12-23(33)13-10-22)27-8-3-2-6-21(27)11-14-26(39)17-20-5-4-7-25(38)16-20/h2-10,12-13,15-16,18,32,38H,11,14,17H2,1H3. The molecule has 1 N–H and O–H groups in total. The number of hydrazone groups is 1. The van der Waals surface area contributed by atoms with E-state index in [0.717, 1.165) is 11.6 Å². The summed E-state index contributed by atoms with van der Waals surface area (Å²) in [6.45, 7) is 1.45. The van der Waals surface area contributed by atoms with Crippen LogP contribution in [0.4, 0.5) is 13.2 Å². The molecule has 4 aromatic carbocycles. The van der Waals surface area contributed by atoms with Crippen LogP contribution in [0.2, 0.25) is 0 Å². The average Bonchev–Trinajstić information content (AvgIpc) is 3.37. The van der Waals surface area contributed by atoms with Gasteiger partial charge in [-0.3, -0.25) is 9.59 Å². The Balaban J connectivity index is 1.45. The number of Topliss-reactive ketones (excluding diaryl/α,β-unsaturated/α-hetero) is 1. The minimum absolute atomic E-state index is 0.0235. The molecule has 1 aliphatic rings. The summed E-state index contributed by atoms with van der Waals surface area (Å²) < 4.78 is 42.3. The van der Waals surface area contributed by atoms with E-state index in [0.29, 0.717) is 34.2 Å². The maximum atomic E-state index is 14.9. The summed E-state index contributed by atoms with van der Waals surface area (Å²) in [7, 11) is 0. The highest BCUT2D eigenvalue weighted by atomic mass is 32.2. The molecule has 1 amide bonds. The zero-order valence-corrected chi connectivity index (χ0v) is 22.8. The van der Waals surface area contributed by atoms with Gasteiger partial charge >= 0.3 is 0 Å². The fourth-order valence-corrected chi connectivity index (χ4v) is 5.96. The van der Waals surface area contributed by atoms with Crippen LogP contribution >= 0.6 is 11.8 Å². The maximum Gasteiger partial charge on any atom is 0.278 e. The van der Waals surface area contributed by atoms with Gasteiger partial charge in [-0.1, -0.05) is 48.2 Å². The highest BCUT2D eigenvalue weighted by molar-refractivity contribution is 8.14. The zero-order valence-electron chi connectivity index (χ0n) is 22.0. The van der Waals surface area contributed by atoms with Crippen molar-refractivity contribution < 1.29 is 27.9 Å². The number of thioether (sulfide) groups is 1. The lowest BCUT2D eigenvalue weighted by atomic mass is 9.98. The molecule has 1 aliphatic heterocycles. The fraction of sp³-hybridized carbons (Fsp3) is 0.156. The van der Waals surface area contributed by atoms with Gasteiger partial charge in [0.15, 0.2) is 0 Å². The minimum atomic E-state index is -0.993. The van der Waals surface area contributed by atoms with Gasteiger partial charge in [0.25, 0.3) is 5.91 Å². The Morgan fingerprint density at radius 1 is 0.927 bits per heavy atom. The predicted octanol–water partition coefficient (Wildman–Crippen LogP) is 7.11. The molecule has 9 heteroatoms. The second kappa shape index (κ2) is 12.0. The van der Waals surface area contributed by atoms with Crippen LogP contribution in [0.25, 0.3) is 0 Å². The molecule has 4 aromatic rings. The Morgan fingerprint density at radius 3 is 2.41 bits per heavy atom. The third-order valence-corrected chi connectivity index (χ3v) is 7.93. The Bertz CT molecular complexity index is 1630. The second-order valence-corrected chi connectivity index (χ2v) is 10.8. The summed E-state index contributed by atoms with van der Waals surface area (Å²) in [5, 5.41) is 15.1. The van der Waals surface area contributed by atoms with E-state index in [4.69, 9.17) is 0 Å². The first-order valence-corrected chi connectivity index (χ1v) is 13.8. The molecule has 208 valence electrons. The topological polar surface area (TPSA) is 70.0 Å². The number of halogens is 3. The smallest absolute Gasteiger partial charge is 0.278 e. The van der Waals surface area contributed by atoms with Crippen molar-refractivity contribution in [2.75, 3.05) is 0 Å². The summed E-state index contributed by atoms with van der Waals surface area (Å²) in [5.41, 5.74) is 2.63. The van der Waals surface area contributed by atoms with Crippen LogP contribution in [0.3, 0.4) is 0 Å². The van der Waals surface area contributed by atoms with Crippen LogP contribution < -0.4 is 0 Å². The quantitative estimate of drug-likeness (QED) is 0.244. The molecule has 1 atom stereocenters. The van der Waals surface area contributed by atoms with E-state index < -0.39 is 28.7 Å². The van der Waals surface area contributed by atoms with E-state index in [1.165, 1.54) is 41.9 Å². The van der Waals surface area contributed by atoms with Crippen molar-refractivity contribution in [3.8, 4) is 5.75 Å². The van der Waals surface area contributed by atoms with Crippen molar-refractivity contribution in [2.45, 2.75) is 31.6 Å². The predicted molar refractivity (Wildman–Crippen MR) is 152 cm³/mol. The molecule has 0 bridgehead atoms. The van der Waals surface area contributed by atoms with Gasteiger partial charge in [0.1, 0.15) is 39.4 Å². The first-order chi connectivity index (χ1) is 19.7. The SMILES string of the molecule is Cc1cc(F)cc(F)c1C(=O)N1N=C(c2ccc(F)cc2)SC1c1ccccc1CCC(=O)Cc1cccc(O)c1. The summed E-state index contributed by atoms with van der Waals surface area (Å²) >= 11 is 1.24. The van der Waals surface area contributed by atoms with Gasteiger partial charge in [-0.05, 0) is 78.1 Å². The maximum absolute atomic E-state index is 14.9. The first-order valence-electron chi connectivity index (χ1n) is 12.9. The van der Waals surface area contributed by atoms with E-state index in [1.807, 2.05) is 18.2 Å². The van der Waals surface area contributed by atoms with Crippen LogP contribution in [0.5, 0.6) is 5.75 Å². The molecule has 0 spiro atoms. The highest BCUT2D eigenvalue weighted by Gasteiger charge is 2.37.